The minimum absolute atomic E-state index is 0.0721. The van der Waals surface area contributed by atoms with Crippen LogP contribution in [0, 0.1) is 11.7 Å². The van der Waals surface area contributed by atoms with Crippen LogP contribution in [0.25, 0.3) is 0 Å². The fourth-order valence-corrected chi connectivity index (χ4v) is 4.36. The second kappa shape index (κ2) is 9.85. The van der Waals surface area contributed by atoms with Gasteiger partial charge in [0, 0.05) is 37.6 Å². The van der Waals surface area contributed by atoms with Gasteiger partial charge in [-0.05, 0) is 61.4 Å². The van der Waals surface area contributed by atoms with Crippen LogP contribution in [0.1, 0.15) is 30.2 Å². The number of nitrogens with one attached hydrogen (secondary N) is 1. The Balaban J connectivity index is 1.46. The highest BCUT2D eigenvalue weighted by atomic mass is 32.1. The van der Waals surface area contributed by atoms with Gasteiger partial charge in [0.25, 0.3) is 0 Å². The summed E-state index contributed by atoms with van der Waals surface area (Å²) in [7, 11) is 0. The predicted molar refractivity (Wildman–Crippen MR) is 108 cm³/mol. The first-order valence-electron chi connectivity index (χ1n) is 9.66. The third-order valence-electron chi connectivity index (χ3n) is 5.04. The molecule has 0 aliphatic carbocycles. The van der Waals surface area contributed by atoms with E-state index in [1.165, 1.54) is 23.4 Å². The van der Waals surface area contributed by atoms with Gasteiger partial charge in [0.2, 0.25) is 0 Å². The van der Waals surface area contributed by atoms with Crippen molar-refractivity contribution in [3.63, 3.8) is 0 Å². The summed E-state index contributed by atoms with van der Waals surface area (Å²) in [6.07, 6.45) is 2.32. The lowest BCUT2D eigenvalue weighted by Gasteiger charge is -2.33. The molecule has 1 aliphatic rings. The van der Waals surface area contributed by atoms with Gasteiger partial charge in [-0.25, -0.2) is 9.18 Å². The van der Waals surface area contributed by atoms with Crippen molar-refractivity contribution < 1.29 is 9.18 Å². The van der Waals surface area contributed by atoms with E-state index in [9.17, 15) is 9.18 Å². The number of rotatable bonds is 7. The molecule has 0 saturated carbocycles. The molecule has 3 rings (SSSR count). The van der Waals surface area contributed by atoms with E-state index < -0.39 is 0 Å². The van der Waals surface area contributed by atoms with Gasteiger partial charge in [-0.15, -0.1) is 11.3 Å². The first-order chi connectivity index (χ1) is 13.1. The molecule has 1 unspecified atom stereocenters. The SMILES string of the molecule is CCN(Cc1cccc(F)c1)C(=O)NCC1CCCN(Cc2cccs2)C1. The summed E-state index contributed by atoms with van der Waals surface area (Å²) in [6, 6.07) is 10.6. The number of piperidine rings is 1. The molecule has 2 heterocycles. The van der Waals surface area contributed by atoms with Crippen LogP contribution in [0.15, 0.2) is 41.8 Å². The molecule has 1 aromatic heterocycles. The number of hydrogen-bond acceptors (Lipinski definition) is 3. The number of amides is 2. The van der Waals surface area contributed by atoms with Crippen LogP contribution in [0.2, 0.25) is 0 Å². The average molecular weight is 390 g/mol. The Morgan fingerprint density at radius 2 is 2.26 bits per heavy atom. The lowest BCUT2D eigenvalue weighted by atomic mass is 9.98. The van der Waals surface area contributed by atoms with Gasteiger partial charge in [0.15, 0.2) is 0 Å². The van der Waals surface area contributed by atoms with Crippen molar-refractivity contribution in [1.29, 1.82) is 0 Å². The van der Waals surface area contributed by atoms with Crippen molar-refractivity contribution in [2.45, 2.75) is 32.9 Å². The van der Waals surface area contributed by atoms with Gasteiger partial charge >= 0.3 is 6.03 Å². The molecule has 1 atom stereocenters. The van der Waals surface area contributed by atoms with Crippen LogP contribution in [0.5, 0.6) is 0 Å². The summed E-state index contributed by atoms with van der Waals surface area (Å²) in [5, 5.41) is 5.21. The molecule has 1 saturated heterocycles. The number of urea groups is 1. The monoisotopic (exact) mass is 389 g/mol. The lowest BCUT2D eigenvalue weighted by Crippen LogP contribution is -2.44. The number of carbonyl (C=O) groups is 1. The molecule has 0 radical (unpaired) electrons. The number of hydrogen-bond donors (Lipinski definition) is 1. The fourth-order valence-electron chi connectivity index (χ4n) is 3.61. The molecule has 27 heavy (non-hydrogen) atoms. The predicted octanol–water partition coefficient (Wildman–Crippen LogP) is 4.33. The van der Waals surface area contributed by atoms with Crippen LogP contribution in [0.3, 0.4) is 0 Å². The van der Waals surface area contributed by atoms with E-state index in [0.717, 1.165) is 31.6 Å². The van der Waals surface area contributed by atoms with Crippen LogP contribution in [-0.2, 0) is 13.1 Å². The number of likely N-dealkylation sites (tertiary alicyclic amines) is 1. The second-order valence-electron chi connectivity index (χ2n) is 7.15. The van der Waals surface area contributed by atoms with Crippen molar-refractivity contribution in [3.05, 3.63) is 58.0 Å². The van der Waals surface area contributed by atoms with E-state index in [0.29, 0.717) is 25.6 Å². The molecule has 2 aromatic rings. The maximum atomic E-state index is 13.4. The Labute approximate surface area is 165 Å². The van der Waals surface area contributed by atoms with E-state index in [4.69, 9.17) is 0 Å². The molecule has 146 valence electrons. The minimum atomic E-state index is -0.267. The summed E-state index contributed by atoms with van der Waals surface area (Å²) >= 11 is 1.80. The largest absolute Gasteiger partial charge is 0.338 e. The van der Waals surface area contributed by atoms with Crippen LogP contribution < -0.4 is 5.32 Å². The van der Waals surface area contributed by atoms with Crippen molar-refractivity contribution >= 4 is 17.4 Å². The summed E-state index contributed by atoms with van der Waals surface area (Å²) in [6.45, 7) is 6.81. The molecular formula is C21H28FN3OS. The zero-order chi connectivity index (χ0) is 19.1. The minimum Gasteiger partial charge on any atom is -0.338 e. The molecule has 1 aliphatic heterocycles. The second-order valence-corrected chi connectivity index (χ2v) is 8.19. The summed E-state index contributed by atoms with van der Waals surface area (Å²) < 4.78 is 13.4. The van der Waals surface area contributed by atoms with Crippen molar-refractivity contribution in [2.24, 2.45) is 5.92 Å². The highest BCUT2D eigenvalue weighted by Crippen LogP contribution is 2.20. The highest BCUT2D eigenvalue weighted by Gasteiger charge is 2.21. The van der Waals surface area contributed by atoms with Crippen LogP contribution >= 0.6 is 11.3 Å². The Hall–Kier alpha value is -1.92. The third kappa shape index (κ3) is 6.04. The smallest absolute Gasteiger partial charge is 0.317 e. The molecule has 1 N–H and O–H groups in total. The topological polar surface area (TPSA) is 35.6 Å². The number of nitrogens with zero attached hydrogens (tertiary/aromatic N) is 2. The van der Waals surface area contributed by atoms with Gasteiger partial charge in [-0.1, -0.05) is 18.2 Å². The Morgan fingerprint density at radius 3 is 3.00 bits per heavy atom. The number of benzene rings is 1. The van der Waals surface area contributed by atoms with E-state index >= 15 is 0 Å². The standard InChI is InChI=1S/C21H28FN3OS/c1-2-25(15-17-6-3-8-19(22)12-17)21(26)23-13-18-7-4-10-24(14-18)16-20-9-5-11-27-20/h3,5-6,8-9,11-12,18H,2,4,7,10,13-16H2,1H3,(H,23,26). The van der Waals surface area contributed by atoms with Gasteiger partial charge in [-0.2, -0.15) is 0 Å². The molecule has 4 nitrogen and oxygen atoms in total. The van der Waals surface area contributed by atoms with Gasteiger partial charge in [-0.3, -0.25) is 4.90 Å². The summed E-state index contributed by atoms with van der Waals surface area (Å²) in [5.74, 6) is 0.215. The van der Waals surface area contributed by atoms with Gasteiger partial charge < -0.3 is 10.2 Å². The maximum absolute atomic E-state index is 13.4. The van der Waals surface area contributed by atoms with Crippen molar-refractivity contribution in [2.75, 3.05) is 26.2 Å². The number of carbonyl (C=O) groups excluding carboxylic acids is 1. The third-order valence-corrected chi connectivity index (χ3v) is 5.90. The normalized spacial score (nSPS) is 17.6. The van der Waals surface area contributed by atoms with E-state index in [-0.39, 0.29) is 11.8 Å². The number of halogens is 1. The first kappa shape index (κ1) is 19.8. The fraction of sp³-hybridized carbons (Fsp3) is 0.476. The van der Waals surface area contributed by atoms with Crippen molar-refractivity contribution in [1.82, 2.24) is 15.1 Å². The molecule has 6 heteroatoms. The lowest BCUT2D eigenvalue weighted by molar-refractivity contribution is 0.160. The van der Waals surface area contributed by atoms with Crippen LogP contribution in [-0.4, -0.2) is 42.0 Å². The molecule has 0 bridgehead atoms. The summed E-state index contributed by atoms with van der Waals surface area (Å²) in [5.41, 5.74) is 0.812. The maximum Gasteiger partial charge on any atom is 0.317 e. The van der Waals surface area contributed by atoms with E-state index in [1.54, 1.807) is 22.3 Å². The Morgan fingerprint density at radius 1 is 1.37 bits per heavy atom. The Kier molecular flexibility index (Phi) is 7.24. The first-order valence-corrected chi connectivity index (χ1v) is 10.5. The number of thiophene rings is 1. The Bertz CT molecular complexity index is 722. The van der Waals surface area contributed by atoms with Crippen molar-refractivity contribution in [3.8, 4) is 0 Å². The quantitative estimate of drug-likeness (QED) is 0.765. The van der Waals surface area contributed by atoms with Crippen LogP contribution in [0.4, 0.5) is 9.18 Å². The highest BCUT2D eigenvalue weighted by molar-refractivity contribution is 7.09. The zero-order valence-corrected chi connectivity index (χ0v) is 16.7. The van der Waals surface area contributed by atoms with E-state index in [1.807, 2.05) is 13.0 Å². The molecule has 2 amide bonds. The van der Waals surface area contributed by atoms with E-state index in [2.05, 4.69) is 27.7 Å². The average Bonchev–Trinajstić information content (AvgIpc) is 3.17. The van der Waals surface area contributed by atoms with Gasteiger partial charge in [0.05, 0.1) is 0 Å². The molecule has 1 fully saturated rings. The molecular weight excluding hydrogens is 361 g/mol. The zero-order valence-electron chi connectivity index (χ0n) is 15.9. The summed E-state index contributed by atoms with van der Waals surface area (Å²) in [4.78, 5) is 18.2. The van der Waals surface area contributed by atoms with Gasteiger partial charge in [0.1, 0.15) is 5.82 Å². The molecule has 1 aromatic carbocycles. The molecule has 0 spiro atoms.